The molecule has 13 heavy (non-hydrogen) atoms. The summed E-state index contributed by atoms with van der Waals surface area (Å²) in [5, 5.41) is 1.56. The zero-order chi connectivity index (χ0) is 9.68. The van der Waals surface area contributed by atoms with Gasteiger partial charge in [-0.2, -0.15) is 0 Å². The van der Waals surface area contributed by atoms with Crippen LogP contribution in [-0.2, 0) is 0 Å². The molecule has 0 heterocycles. The second-order valence-electron chi connectivity index (χ2n) is 3.69. The summed E-state index contributed by atoms with van der Waals surface area (Å²) in [6, 6.07) is 11.6. The lowest BCUT2D eigenvalue weighted by molar-refractivity contribution is 0.747. The van der Waals surface area contributed by atoms with Gasteiger partial charge in [0.25, 0.3) is 0 Å². The molecule has 0 aromatic heterocycles. The second-order valence-corrected chi connectivity index (χ2v) is 9.06. The van der Waals surface area contributed by atoms with E-state index in [0.29, 0.717) is 6.04 Å². The molecule has 0 aliphatic rings. The number of hydrogen-bond donors (Lipinski definition) is 1. The maximum Gasteiger partial charge on any atom is 0.137 e. The Morgan fingerprint density at radius 2 is 1.92 bits per heavy atom. The van der Waals surface area contributed by atoms with Gasteiger partial charge in [0.2, 0.25) is 0 Å². The molecule has 3 heteroatoms. The van der Waals surface area contributed by atoms with Crippen molar-refractivity contribution in [3.8, 4) is 0 Å². The molecule has 0 bridgehead atoms. The van der Waals surface area contributed by atoms with Gasteiger partial charge in [-0.15, -0.1) is 0 Å². The largest absolute Gasteiger partial charge is 0.334 e. The third kappa shape index (κ3) is 3.46. The number of benzene rings is 1. The van der Waals surface area contributed by atoms with Gasteiger partial charge < -0.3 is 4.98 Å². The maximum atomic E-state index is 3.72. The molecule has 0 aliphatic carbocycles. The smallest absolute Gasteiger partial charge is 0.137 e. The van der Waals surface area contributed by atoms with E-state index in [1.807, 2.05) is 0 Å². The predicted octanol–water partition coefficient (Wildman–Crippen LogP) is -0.0617. The van der Waals surface area contributed by atoms with Crippen LogP contribution >= 0.6 is 0 Å². The average Bonchev–Trinajstić information content (AvgIpc) is 2.15. The second kappa shape index (κ2) is 5.37. The van der Waals surface area contributed by atoms with Gasteiger partial charge >= 0.3 is 0 Å². The summed E-state index contributed by atoms with van der Waals surface area (Å²) >= 11 is 0. The predicted molar refractivity (Wildman–Crippen MR) is 66.2 cm³/mol. The first-order chi connectivity index (χ1) is 6.24. The minimum atomic E-state index is -0.817. The van der Waals surface area contributed by atoms with Crippen LogP contribution in [0.2, 0.25) is 5.67 Å². The van der Waals surface area contributed by atoms with Gasteiger partial charge in [0.1, 0.15) is 8.96 Å². The summed E-state index contributed by atoms with van der Waals surface area (Å²) in [6.07, 6.45) is 0. The quantitative estimate of drug-likeness (QED) is 0.685. The normalized spacial score (nSPS) is 13.5. The van der Waals surface area contributed by atoms with Crippen LogP contribution in [-0.4, -0.2) is 25.2 Å². The number of nitrogens with one attached hydrogen (secondary N) is 1. The summed E-state index contributed by atoms with van der Waals surface area (Å²) in [6.45, 7) is 4.47. The standard InChI is InChI=1S/C10H19NSi2/c1-9(2)11-13(8-12)10-6-4-3-5-7-10/h3-7,9,11,13H,8H2,1-2,12H3. The third-order valence-corrected chi connectivity index (χ3v) is 7.67. The zero-order valence-electron chi connectivity index (χ0n) is 8.75. The van der Waals surface area contributed by atoms with Crippen LogP contribution in [0.4, 0.5) is 0 Å². The molecular formula is C10H19NSi2. The Labute approximate surface area is 85.7 Å². The summed E-state index contributed by atoms with van der Waals surface area (Å²) < 4.78 is 0. The van der Waals surface area contributed by atoms with E-state index in [9.17, 15) is 0 Å². The molecule has 1 nitrogen and oxygen atoms in total. The van der Waals surface area contributed by atoms with Gasteiger partial charge in [0, 0.05) is 10.2 Å². The van der Waals surface area contributed by atoms with E-state index in [1.54, 1.807) is 5.19 Å². The molecule has 0 saturated heterocycles. The molecule has 72 valence electrons. The van der Waals surface area contributed by atoms with E-state index >= 15 is 0 Å². The molecular weight excluding hydrogens is 190 g/mol. The molecule has 1 N–H and O–H groups in total. The minimum Gasteiger partial charge on any atom is -0.334 e. The van der Waals surface area contributed by atoms with Crippen LogP contribution in [0.1, 0.15) is 13.8 Å². The van der Waals surface area contributed by atoms with E-state index in [2.05, 4.69) is 49.2 Å². The maximum absolute atomic E-state index is 3.72. The van der Waals surface area contributed by atoms with Crippen molar-refractivity contribution in [1.82, 2.24) is 4.98 Å². The van der Waals surface area contributed by atoms with Crippen LogP contribution in [0.15, 0.2) is 30.3 Å². The first-order valence-electron chi connectivity index (χ1n) is 5.05. The lowest BCUT2D eigenvalue weighted by Gasteiger charge is -2.18. The summed E-state index contributed by atoms with van der Waals surface area (Å²) in [4.78, 5) is 3.72. The lowest BCUT2D eigenvalue weighted by atomic mass is 10.4. The Bertz CT molecular complexity index is 236. The van der Waals surface area contributed by atoms with Crippen LogP contribution in [0, 0.1) is 0 Å². The van der Waals surface area contributed by atoms with E-state index < -0.39 is 8.96 Å². The van der Waals surface area contributed by atoms with Crippen molar-refractivity contribution in [2.24, 2.45) is 0 Å². The van der Waals surface area contributed by atoms with Crippen molar-refractivity contribution in [2.75, 3.05) is 0 Å². The molecule has 1 atom stereocenters. The highest BCUT2D eigenvalue weighted by molar-refractivity contribution is 6.75. The fraction of sp³-hybridized carbons (Fsp3) is 0.400. The highest BCUT2D eigenvalue weighted by atomic mass is 28.3. The molecule has 0 amide bonds. The van der Waals surface area contributed by atoms with Crippen LogP contribution in [0.25, 0.3) is 0 Å². The van der Waals surface area contributed by atoms with Crippen molar-refractivity contribution in [2.45, 2.75) is 25.6 Å². The molecule has 0 spiro atoms. The Balaban J connectivity index is 2.67. The van der Waals surface area contributed by atoms with E-state index in [-0.39, 0.29) is 0 Å². The fourth-order valence-electron chi connectivity index (χ4n) is 1.54. The monoisotopic (exact) mass is 209 g/mol. The number of hydrogen-bond acceptors (Lipinski definition) is 1. The van der Waals surface area contributed by atoms with Crippen molar-refractivity contribution >= 4 is 24.4 Å². The van der Waals surface area contributed by atoms with Gasteiger partial charge in [-0.1, -0.05) is 49.8 Å². The number of rotatable bonds is 4. The van der Waals surface area contributed by atoms with E-state index in [4.69, 9.17) is 0 Å². The van der Waals surface area contributed by atoms with E-state index in [0.717, 1.165) is 0 Å². The Morgan fingerprint density at radius 1 is 1.31 bits per heavy atom. The van der Waals surface area contributed by atoms with Gasteiger partial charge in [-0.05, 0) is 11.2 Å². The summed E-state index contributed by atoms with van der Waals surface area (Å²) in [5.74, 6) is 0. The van der Waals surface area contributed by atoms with E-state index in [1.165, 1.54) is 15.9 Å². The Kier molecular flexibility index (Phi) is 4.41. The third-order valence-electron chi connectivity index (χ3n) is 2.14. The Morgan fingerprint density at radius 3 is 2.38 bits per heavy atom. The average molecular weight is 209 g/mol. The van der Waals surface area contributed by atoms with Crippen molar-refractivity contribution < 1.29 is 0 Å². The van der Waals surface area contributed by atoms with Crippen LogP contribution in [0.5, 0.6) is 0 Å². The first kappa shape index (κ1) is 10.7. The van der Waals surface area contributed by atoms with Crippen LogP contribution < -0.4 is 10.2 Å². The van der Waals surface area contributed by atoms with Gasteiger partial charge in [0.05, 0.1) is 0 Å². The van der Waals surface area contributed by atoms with Crippen LogP contribution in [0.3, 0.4) is 0 Å². The molecule has 0 aliphatic heterocycles. The molecule has 1 aromatic rings. The van der Waals surface area contributed by atoms with Crippen molar-refractivity contribution in [1.29, 1.82) is 0 Å². The van der Waals surface area contributed by atoms with Gasteiger partial charge in [-0.25, -0.2) is 0 Å². The fourth-order valence-corrected chi connectivity index (χ4v) is 6.05. The van der Waals surface area contributed by atoms with Crippen molar-refractivity contribution in [3.63, 3.8) is 0 Å². The molecule has 1 unspecified atom stereocenters. The molecule has 0 fully saturated rings. The summed E-state index contributed by atoms with van der Waals surface area (Å²) in [7, 11) is 0.494. The van der Waals surface area contributed by atoms with Gasteiger partial charge in [0.15, 0.2) is 0 Å². The SMILES string of the molecule is CC(C)N[SiH](C[SiH3])c1ccccc1. The van der Waals surface area contributed by atoms with Crippen molar-refractivity contribution in [3.05, 3.63) is 30.3 Å². The highest BCUT2D eigenvalue weighted by Crippen LogP contribution is 1.91. The zero-order valence-corrected chi connectivity index (χ0v) is 11.9. The van der Waals surface area contributed by atoms with Gasteiger partial charge in [-0.3, -0.25) is 0 Å². The lowest BCUT2D eigenvalue weighted by Crippen LogP contribution is -2.47. The first-order valence-corrected chi connectivity index (χ1v) is 8.43. The minimum absolute atomic E-state index is 0.630. The molecule has 1 aromatic carbocycles. The molecule has 0 radical (unpaired) electrons. The Hall–Kier alpha value is -0.386. The molecule has 1 rings (SSSR count). The topological polar surface area (TPSA) is 12.0 Å². The molecule has 0 saturated carbocycles. The highest BCUT2D eigenvalue weighted by Gasteiger charge is 2.10. The summed E-state index contributed by atoms with van der Waals surface area (Å²) in [5.41, 5.74) is 1.42.